The molecule has 0 fully saturated rings. The Bertz CT molecular complexity index is 1000. The van der Waals surface area contributed by atoms with Crippen molar-refractivity contribution in [1.29, 1.82) is 0 Å². The number of carbonyl (C=O) groups is 1. The van der Waals surface area contributed by atoms with E-state index in [0.29, 0.717) is 24.6 Å². The van der Waals surface area contributed by atoms with Crippen LogP contribution in [0.15, 0.2) is 78.9 Å². The van der Waals surface area contributed by atoms with Gasteiger partial charge < -0.3 is 15.0 Å². The third-order valence-corrected chi connectivity index (χ3v) is 5.38. The molecule has 1 N–H and O–H groups in total. The van der Waals surface area contributed by atoms with Crippen LogP contribution in [0.25, 0.3) is 0 Å². The Kier molecular flexibility index (Phi) is 6.03. The van der Waals surface area contributed by atoms with Crippen LogP contribution in [0.3, 0.4) is 0 Å². The number of carbonyl (C=O) groups excluding carboxylic acids is 1. The lowest BCUT2D eigenvalue weighted by molar-refractivity contribution is 0.0664. The first-order chi connectivity index (χ1) is 14.6. The summed E-state index contributed by atoms with van der Waals surface area (Å²) >= 11 is 0. The zero-order valence-corrected chi connectivity index (χ0v) is 17.5. The molecule has 3 aromatic carbocycles. The minimum absolute atomic E-state index is 0.0233. The summed E-state index contributed by atoms with van der Waals surface area (Å²) in [7, 11) is 0. The maximum absolute atomic E-state index is 13.5. The summed E-state index contributed by atoms with van der Waals surface area (Å²) in [4.78, 5) is 15.4. The molecule has 0 aliphatic carbocycles. The molecule has 4 heteroatoms. The molecule has 4 rings (SSSR count). The van der Waals surface area contributed by atoms with E-state index in [1.807, 2.05) is 71.6 Å². The molecule has 1 aliphatic heterocycles. The highest BCUT2D eigenvalue weighted by Crippen LogP contribution is 2.37. The summed E-state index contributed by atoms with van der Waals surface area (Å²) < 4.78 is 6.14. The van der Waals surface area contributed by atoms with Crippen molar-refractivity contribution in [2.24, 2.45) is 5.92 Å². The van der Waals surface area contributed by atoms with E-state index in [1.54, 1.807) is 0 Å². The van der Waals surface area contributed by atoms with Crippen LogP contribution in [0.4, 0.5) is 5.69 Å². The zero-order valence-electron chi connectivity index (χ0n) is 17.5. The molecule has 0 saturated carbocycles. The van der Waals surface area contributed by atoms with Crippen LogP contribution in [0.2, 0.25) is 0 Å². The van der Waals surface area contributed by atoms with Crippen molar-refractivity contribution in [2.75, 3.05) is 11.9 Å². The van der Waals surface area contributed by atoms with Gasteiger partial charge in [0.15, 0.2) is 0 Å². The summed E-state index contributed by atoms with van der Waals surface area (Å²) in [6.07, 6.45) is 0.685. The molecule has 1 amide bonds. The van der Waals surface area contributed by atoms with Crippen molar-refractivity contribution in [2.45, 2.75) is 33.0 Å². The van der Waals surface area contributed by atoms with Crippen molar-refractivity contribution in [1.82, 2.24) is 4.90 Å². The minimum Gasteiger partial charge on any atom is -0.493 e. The molecule has 1 aliphatic rings. The van der Waals surface area contributed by atoms with E-state index in [4.69, 9.17) is 4.74 Å². The van der Waals surface area contributed by atoms with E-state index in [2.05, 4.69) is 31.3 Å². The lowest BCUT2D eigenvalue weighted by atomic mass is 10.0. The summed E-state index contributed by atoms with van der Waals surface area (Å²) in [6, 6.07) is 25.8. The summed E-state index contributed by atoms with van der Waals surface area (Å²) in [5.41, 5.74) is 3.62. The topological polar surface area (TPSA) is 41.6 Å². The molecule has 0 bridgehead atoms. The number of ether oxygens (including phenoxy) is 1. The molecule has 1 atom stereocenters. The molecule has 0 aromatic heterocycles. The SMILES string of the molecule is CC(C)CCOc1ccccc1C1Nc2ccccc2C(=O)N1Cc1ccccc1. The predicted molar refractivity (Wildman–Crippen MR) is 121 cm³/mol. The number of rotatable bonds is 7. The maximum atomic E-state index is 13.5. The third kappa shape index (κ3) is 4.33. The van der Waals surface area contributed by atoms with Gasteiger partial charge in [0, 0.05) is 17.8 Å². The van der Waals surface area contributed by atoms with E-state index in [0.717, 1.165) is 29.0 Å². The Balaban J connectivity index is 1.70. The fraction of sp³-hybridized carbons (Fsp3) is 0.269. The number of hydrogen-bond donors (Lipinski definition) is 1. The number of fused-ring (bicyclic) bond motifs is 1. The van der Waals surface area contributed by atoms with Gasteiger partial charge in [0.05, 0.1) is 12.2 Å². The Labute approximate surface area is 178 Å². The number of amides is 1. The van der Waals surface area contributed by atoms with Gasteiger partial charge >= 0.3 is 0 Å². The number of benzene rings is 3. The Morgan fingerprint density at radius 2 is 1.63 bits per heavy atom. The quantitative estimate of drug-likeness (QED) is 0.539. The normalized spacial score (nSPS) is 15.6. The molecule has 0 spiro atoms. The fourth-order valence-corrected chi connectivity index (χ4v) is 3.72. The van der Waals surface area contributed by atoms with Gasteiger partial charge in [0.25, 0.3) is 5.91 Å². The van der Waals surface area contributed by atoms with Gasteiger partial charge in [-0.3, -0.25) is 4.79 Å². The number of hydrogen-bond acceptors (Lipinski definition) is 3. The molecule has 30 heavy (non-hydrogen) atoms. The highest BCUT2D eigenvalue weighted by molar-refractivity contribution is 6.01. The van der Waals surface area contributed by atoms with Gasteiger partial charge in [-0.2, -0.15) is 0 Å². The van der Waals surface area contributed by atoms with Crippen molar-refractivity contribution < 1.29 is 9.53 Å². The van der Waals surface area contributed by atoms with Crippen LogP contribution in [0.5, 0.6) is 5.75 Å². The van der Waals surface area contributed by atoms with Gasteiger partial charge in [0.2, 0.25) is 0 Å². The second-order valence-electron chi connectivity index (χ2n) is 8.08. The van der Waals surface area contributed by atoms with E-state index < -0.39 is 0 Å². The van der Waals surface area contributed by atoms with Gasteiger partial charge in [0.1, 0.15) is 11.9 Å². The van der Waals surface area contributed by atoms with Crippen molar-refractivity contribution in [3.63, 3.8) is 0 Å². The van der Waals surface area contributed by atoms with E-state index in [1.165, 1.54) is 0 Å². The lowest BCUT2D eigenvalue weighted by Crippen LogP contribution is -2.42. The molecule has 0 saturated heterocycles. The predicted octanol–water partition coefficient (Wildman–Crippen LogP) is 5.88. The maximum Gasteiger partial charge on any atom is 0.258 e. The smallest absolute Gasteiger partial charge is 0.258 e. The lowest BCUT2D eigenvalue weighted by Gasteiger charge is -2.38. The molecule has 4 nitrogen and oxygen atoms in total. The van der Waals surface area contributed by atoms with Gasteiger partial charge in [-0.1, -0.05) is 74.5 Å². The Morgan fingerprint density at radius 3 is 2.43 bits per heavy atom. The highest BCUT2D eigenvalue weighted by Gasteiger charge is 2.34. The molecular weight excluding hydrogens is 372 g/mol. The van der Waals surface area contributed by atoms with Crippen molar-refractivity contribution >= 4 is 11.6 Å². The molecular formula is C26H28N2O2. The first-order valence-corrected chi connectivity index (χ1v) is 10.6. The van der Waals surface area contributed by atoms with Crippen LogP contribution < -0.4 is 10.1 Å². The van der Waals surface area contributed by atoms with E-state index in [9.17, 15) is 4.79 Å². The van der Waals surface area contributed by atoms with Crippen LogP contribution in [0, 0.1) is 5.92 Å². The first kappa shape index (κ1) is 20.0. The summed E-state index contributed by atoms with van der Waals surface area (Å²) in [6.45, 7) is 5.56. The minimum atomic E-state index is -0.303. The van der Waals surface area contributed by atoms with Crippen molar-refractivity contribution in [3.05, 3.63) is 95.6 Å². The molecule has 1 heterocycles. The van der Waals surface area contributed by atoms with Gasteiger partial charge in [-0.25, -0.2) is 0 Å². The highest BCUT2D eigenvalue weighted by atomic mass is 16.5. The summed E-state index contributed by atoms with van der Waals surface area (Å²) in [5, 5.41) is 3.58. The average Bonchev–Trinajstić information content (AvgIpc) is 2.76. The number of para-hydroxylation sites is 2. The van der Waals surface area contributed by atoms with Gasteiger partial charge in [-0.15, -0.1) is 0 Å². The van der Waals surface area contributed by atoms with Crippen molar-refractivity contribution in [3.8, 4) is 5.75 Å². The Hall–Kier alpha value is -3.27. The molecule has 0 radical (unpaired) electrons. The molecule has 3 aromatic rings. The zero-order chi connectivity index (χ0) is 20.9. The second kappa shape index (κ2) is 9.04. The van der Waals surface area contributed by atoms with E-state index >= 15 is 0 Å². The first-order valence-electron chi connectivity index (χ1n) is 10.6. The Morgan fingerprint density at radius 1 is 0.933 bits per heavy atom. The average molecular weight is 401 g/mol. The number of anilines is 1. The number of nitrogens with one attached hydrogen (secondary N) is 1. The standard InChI is InChI=1S/C26H28N2O2/c1-19(2)16-17-30-24-15-9-7-13-22(24)25-27-23-14-8-6-12-21(23)26(29)28(25)18-20-10-4-3-5-11-20/h3-15,19,25,27H,16-18H2,1-2H3. The second-order valence-corrected chi connectivity index (χ2v) is 8.08. The monoisotopic (exact) mass is 400 g/mol. The van der Waals surface area contributed by atoms with Crippen LogP contribution >= 0.6 is 0 Å². The molecule has 1 unspecified atom stereocenters. The fourth-order valence-electron chi connectivity index (χ4n) is 3.72. The van der Waals surface area contributed by atoms with Crippen LogP contribution in [0.1, 0.15) is 47.9 Å². The largest absolute Gasteiger partial charge is 0.493 e. The van der Waals surface area contributed by atoms with Crippen LogP contribution in [-0.2, 0) is 6.54 Å². The van der Waals surface area contributed by atoms with Gasteiger partial charge in [-0.05, 0) is 36.1 Å². The van der Waals surface area contributed by atoms with Crippen LogP contribution in [-0.4, -0.2) is 17.4 Å². The van der Waals surface area contributed by atoms with E-state index in [-0.39, 0.29) is 12.1 Å². The molecule has 154 valence electrons. The summed E-state index contributed by atoms with van der Waals surface area (Å²) in [5.74, 6) is 1.42. The number of nitrogens with zero attached hydrogens (tertiary/aromatic N) is 1. The third-order valence-electron chi connectivity index (χ3n) is 5.38.